The zero-order valence-corrected chi connectivity index (χ0v) is 14.3. The molecule has 1 aromatic carbocycles. The molecule has 3 heterocycles. The zero-order chi connectivity index (χ0) is 18.9. The molecule has 0 unspecified atom stereocenters. The number of benzene rings is 1. The molecule has 0 amide bonds. The van der Waals surface area contributed by atoms with Gasteiger partial charge in [-0.05, 0) is 18.2 Å². The lowest BCUT2D eigenvalue weighted by atomic mass is 10.1. The van der Waals surface area contributed by atoms with Crippen molar-refractivity contribution in [1.82, 2.24) is 19.5 Å². The van der Waals surface area contributed by atoms with Crippen LogP contribution in [0, 0.1) is 0 Å². The normalized spacial score (nSPS) is 15.2. The van der Waals surface area contributed by atoms with Gasteiger partial charge in [0.2, 0.25) is 0 Å². The third kappa shape index (κ3) is 3.71. The molecular formula is C18H17F3N6. The molecule has 2 aromatic heterocycles. The molecule has 0 N–H and O–H groups in total. The van der Waals surface area contributed by atoms with Gasteiger partial charge in [0.05, 0.1) is 5.56 Å². The average Bonchev–Trinajstić information content (AvgIpc) is 3.23. The van der Waals surface area contributed by atoms with Crippen LogP contribution in [0.5, 0.6) is 0 Å². The van der Waals surface area contributed by atoms with Crippen LogP contribution in [-0.2, 0) is 6.18 Å². The molecule has 140 valence electrons. The standard InChI is InChI=1S/C18H17F3N6/c19-18(20,21)14-2-1-3-15(10-14)25-6-8-26(9-7-25)16-11-17(24-12-23-16)27-5-4-22-13-27/h1-5,10-13H,6-9H2. The molecule has 0 spiro atoms. The third-order valence-electron chi connectivity index (χ3n) is 4.55. The number of hydrogen-bond acceptors (Lipinski definition) is 5. The minimum atomic E-state index is -4.33. The first-order valence-electron chi connectivity index (χ1n) is 8.48. The summed E-state index contributed by atoms with van der Waals surface area (Å²) < 4.78 is 40.6. The number of imidazole rings is 1. The molecule has 0 atom stereocenters. The van der Waals surface area contributed by atoms with Gasteiger partial charge in [-0.1, -0.05) is 6.07 Å². The van der Waals surface area contributed by atoms with Crippen LogP contribution in [0.4, 0.5) is 24.7 Å². The maximum Gasteiger partial charge on any atom is 0.416 e. The zero-order valence-electron chi connectivity index (χ0n) is 14.3. The van der Waals surface area contributed by atoms with E-state index in [0.717, 1.165) is 17.7 Å². The van der Waals surface area contributed by atoms with E-state index in [1.807, 2.05) is 11.0 Å². The fourth-order valence-electron chi connectivity index (χ4n) is 3.12. The summed E-state index contributed by atoms with van der Waals surface area (Å²) in [7, 11) is 0. The van der Waals surface area contributed by atoms with E-state index in [-0.39, 0.29) is 0 Å². The summed E-state index contributed by atoms with van der Waals surface area (Å²) >= 11 is 0. The molecule has 0 radical (unpaired) electrons. The quantitative estimate of drug-likeness (QED) is 0.705. The van der Waals surface area contributed by atoms with Crippen molar-refractivity contribution in [2.75, 3.05) is 36.0 Å². The Bertz CT molecular complexity index is 901. The van der Waals surface area contributed by atoms with E-state index in [2.05, 4.69) is 19.9 Å². The van der Waals surface area contributed by atoms with Crippen LogP contribution in [0.15, 0.2) is 55.4 Å². The molecule has 1 aliphatic rings. The Labute approximate surface area is 153 Å². The Hall–Kier alpha value is -3.10. The summed E-state index contributed by atoms with van der Waals surface area (Å²) in [5.41, 5.74) is -0.0329. The molecule has 0 aliphatic carbocycles. The molecule has 3 aromatic rings. The molecule has 4 rings (SSSR count). The van der Waals surface area contributed by atoms with Crippen LogP contribution in [0.25, 0.3) is 5.82 Å². The topological polar surface area (TPSA) is 50.1 Å². The lowest BCUT2D eigenvalue weighted by Gasteiger charge is -2.37. The van der Waals surface area contributed by atoms with Crippen molar-refractivity contribution < 1.29 is 13.2 Å². The van der Waals surface area contributed by atoms with Gasteiger partial charge in [0.15, 0.2) is 0 Å². The molecule has 6 nitrogen and oxygen atoms in total. The van der Waals surface area contributed by atoms with E-state index >= 15 is 0 Å². The number of halogens is 3. The van der Waals surface area contributed by atoms with Gasteiger partial charge in [-0.2, -0.15) is 13.2 Å². The van der Waals surface area contributed by atoms with E-state index in [4.69, 9.17) is 0 Å². The van der Waals surface area contributed by atoms with Crippen molar-refractivity contribution >= 4 is 11.5 Å². The molecule has 0 bridgehead atoms. The van der Waals surface area contributed by atoms with Crippen LogP contribution in [-0.4, -0.2) is 45.7 Å². The van der Waals surface area contributed by atoms with Crippen molar-refractivity contribution in [3.63, 3.8) is 0 Å². The van der Waals surface area contributed by atoms with E-state index in [1.165, 1.54) is 18.5 Å². The SMILES string of the molecule is FC(F)(F)c1cccc(N2CCN(c3cc(-n4ccnc4)ncn3)CC2)c1. The van der Waals surface area contributed by atoms with E-state index in [9.17, 15) is 13.2 Å². The van der Waals surface area contributed by atoms with Crippen LogP contribution >= 0.6 is 0 Å². The number of piperazine rings is 1. The Kier molecular flexibility index (Phi) is 4.43. The van der Waals surface area contributed by atoms with Crippen LogP contribution in [0.2, 0.25) is 0 Å². The summed E-state index contributed by atoms with van der Waals surface area (Å²) in [6.45, 7) is 2.56. The van der Waals surface area contributed by atoms with E-state index in [1.54, 1.807) is 29.4 Å². The summed E-state index contributed by atoms with van der Waals surface area (Å²) in [5.74, 6) is 1.51. The maximum absolute atomic E-state index is 12.9. The van der Waals surface area contributed by atoms with Gasteiger partial charge >= 0.3 is 6.18 Å². The molecule has 27 heavy (non-hydrogen) atoms. The Morgan fingerprint density at radius 2 is 1.63 bits per heavy atom. The fraction of sp³-hybridized carbons (Fsp3) is 0.278. The van der Waals surface area contributed by atoms with Gasteiger partial charge < -0.3 is 9.80 Å². The minimum Gasteiger partial charge on any atom is -0.368 e. The number of hydrogen-bond donors (Lipinski definition) is 0. The average molecular weight is 374 g/mol. The number of alkyl halides is 3. The molecule has 9 heteroatoms. The smallest absolute Gasteiger partial charge is 0.368 e. The van der Waals surface area contributed by atoms with Crippen molar-refractivity contribution in [1.29, 1.82) is 0 Å². The molecule has 1 fully saturated rings. The summed E-state index contributed by atoms with van der Waals surface area (Å²) in [5, 5.41) is 0. The highest BCUT2D eigenvalue weighted by Crippen LogP contribution is 2.32. The predicted molar refractivity (Wildman–Crippen MR) is 95.0 cm³/mol. The Morgan fingerprint density at radius 3 is 2.33 bits per heavy atom. The fourth-order valence-corrected chi connectivity index (χ4v) is 3.12. The van der Waals surface area contributed by atoms with Crippen molar-refractivity contribution in [3.05, 3.63) is 60.9 Å². The summed E-state index contributed by atoms with van der Waals surface area (Å²) in [4.78, 5) is 16.6. The second-order valence-corrected chi connectivity index (χ2v) is 6.23. The lowest BCUT2D eigenvalue weighted by molar-refractivity contribution is -0.137. The number of rotatable bonds is 3. The molecular weight excluding hydrogens is 357 g/mol. The first-order chi connectivity index (χ1) is 13.0. The summed E-state index contributed by atoms with van der Waals surface area (Å²) in [6, 6.07) is 7.34. The summed E-state index contributed by atoms with van der Waals surface area (Å²) in [6.07, 6.45) is 2.32. The second kappa shape index (κ2) is 6.90. The van der Waals surface area contributed by atoms with E-state index < -0.39 is 11.7 Å². The van der Waals surface area contributed by atoms with Crippen molar-refractivity contribution in [3.8, 4) is 5.82 Å². The number of aromatic nitrogens is 4. The number of anilines is 2. The monoisotopic (exact) mass is 374 g/mol. The van der Waals surface area contributed by atoms with E-state index in [0.29, 0.717) is 31.9 Å². The van der Waals surface area contributed by atoms with Gasteiger partial charge in [-0.3, -0.25) is 4.57 Å². The molecule has 1 aliphatic heterocycles. The molecule has 0 saturated carbocycles. The van der Waals surface area contributed by atoms with Gasteiger partial charge in [0, 0.05) is 50.3 Å². The van der Waals surface area contributed by atoms with Crippen LogP contribution < -0.4 is 9.80 Å². The highest BCUT2D eigenvalue weighted by atomic mass is 19.4. The van der Waals surface area contributed by atoms with Gasteiger partial charge in [-0.25, -0.2) is 15.0 Å². The van der Waals surface area contributed by atoms with Crippen molar-refractivity contribution in [2.24, 2.45) is 0 Å². The third-order valence-corrected chi connectivity index (χ3v) is 4.55. The Balaban J connectivity index is 1.46. The lowest BCUT2D eigenvalue weighted by Crippen LogP contribution is -2.47. The van der Waals surface area contributed by atoms with Gasteiger partial charge in [-0.15, -0.1) is 0 Å². The van der Waals surface area contributed by atoms with Gasteiger partial charge in [0.1, 0.15) is 24.3 Å². The van der Waals surface area contributed by atoms with Crippen LogP contribution in [0.1, 0.15) is 5.56 Å². The largest absolute Gasteiger partial charge is 0.416 e. The van der Waals surface area contributed by atoms with Crippen LogP contribution in [0.3, 0.4) is 0 Å². The van der Waals surface area contributed by atoms with Crippen molar-refractivity contribution in [2.45, 2.75) is 6.18 Å². The first-order valence-corrected chi connectivity index (χ1v) is 8.48. The predicted octanol–water partition coefficient (Wildman–Crippen LogP) is 3.01. The molecule has 1 saturated heterocycles. The first kappa shape index (κ1) is 17.3. The second-order valence-electron chi connectivity index (χ2n) is 6.23. The Morgan fingerprint density at radius 1 is 0.889 bits per heavy atom. The number of nitrogens with zero attached hydrogens (tertiary/aromatic N) is 6. The maximum atomic E-state index is 12.9. The van der Waals surface area contributed by atoms with Gasteiger partial charge in [0.25, 0.3) is 0 Å². The highest BCUT2D eigenvalue weighted by Gasteiger charge is 2.31. The minimum absolute atomic E-state index is 0.589. The highest BCUT2D eigenvalue weighted by molar-refractivity contribution is 5.52.